The Morgan fingerprint density at radius 3 is 2.00 bits per heavy atom. The molecule has 0 aromatic carbocycles. The van der Waals surface area contributed by atoms with E-state index in [-0.39, 0.29) is 6.04 Å². The van der Waals surface area contributed by atoms with Crippen molar-refractivity contribution in [2.24, 2.45) is 28.9 Å². The molecule has 4 bridgehead atoms. The normalized spacial score (nSPS) is 48.9. The molecule has 4 aliphatic rings. The first kappa shape index (κ1) is 9.66. The lowest BCUT2D eigenvalue weighted by molar-refractivity contribution is -0.0582. The summed E-state index contributed by atoms with van der Waals surface area (Å²) < 4.78 is 0. The predicted octanol–water partition coefficient (Wildman–Crippen LogP) is 2.44. The van der Waals surface area contributed by atoms with Gasteiger partial charge in [0.1, 0.15) is 0 Å². The fraction of sp³-hybridized carbons (Fsp3) is 0.923. The van der Waals surface area contributed by atoms with E-state index in [2.05, 4.69) is 6.07 Å². The predicted molar refractivity (Wildman–Crippen MR) is 58.8 cm³/mol. The van der Waals surface area contributed by atoms with E-state index in [1.807, 2.05) is 0 Å². The van der Waals surface area contributed by atoms with Crippen LogP contribution in [-0.2, 0) is 0 Å². The largest absolute Gasteiger partial charge is 0.316 e. The number of nitrogens with zero attached hydrogens (tertiary/aromatic N) is 1. The first-order chi connectivity index (χ1) is 7.19. The molecule has 4 rings (SSSR count). The Bertz CT molecular complexity index is 267. The summed E-state index contributed by atoms with van der Waals surface area (Å²) in [5.74, 6) is 2.92. The summed E-state index contributed by atoms with van der Waals surface area (Å²) in [4.78, 5) is 0. The molecule has 2 N–H and O–H groups in total. The lowest BCUT2D eigenvalue weighted by atomic mass is 9.48. The third-order valence-corrected chi connectivity index (χ3v) is 4.98. The Labute approximate surface area is 91.8 Å². The molecule has 0 radical (unpaired) electrons. The van der Waals surface area contributed by atoms with Crippen LogP contribution in [0, 0.1) is 34.5 Å². The molecule has 0 saturated heterocycles. The highest BCUT2D eigenvalue weighted by Gasteiger charge is 2.50. The summed E-state index contributed by atoms with van der Waals surface area (Å²) in [5, 5.41) is 8.86. The summed E-state index contributed by atoms with van der Waals surface area (Å²) in [6.07, 6.45) is 9.49. The Hall–Kier alpha value is -0.550. The SMILES string of the molecule is N#CC(N)CC12CC3CC(CC(C3)C1)C2. The van der Waals surface area contributed by atoms with Crippen LogP contribution < -0.4 is 5.73 Å². The van der Waals surface area contributed by atoms with E-state index in [1.165, 1.54) is 38.5 Å². The molecule has 0 aromatic heterocycles. The minimum Gasteiger partial charge on any atom is -0.316 e. The van der Waals surface area contributed by atoms with Crippen LogP contribution in [0.2, 0.25) is 0 Å². The molecule has 0 spiro atoms. The van der Waals surface area contributed by atoms with Gasteiger partial charge in [-0.05, 0) is 68.1 Å². The van der Waals surface area contributed by atoms with E-state index in [0.29, 0.717) is 5.41 Å². The highest BCUT2D eigenvalue weighted by Crippen LogP contribution is 2.61. The zero-order valence-corrected chi connectivity index (χ0v) is 9.28. The summed E-state index contributed by atoms with van der Waals surface area (Å²) >= 11 is 0. The van der Waals surface area contributed by atoms with Gasteiger partial charge in [-0.15, -0.1) is 0 Å². The lowest BCUT2D eigenvalue weighted by Crippen LogP contribution is -2.48. The van der Waals surface area contributed by atoms with Crippen LogP contribution in [0.4, 0.5) is 0 Å². The maximum Gasteiger partial charge on any atom is 0.0933 e. The van der Waals surface area contributed by atoms with Crippen molar-refractivity contribution in [1.29, 1.82) is 5.26 Å². The molecule has 4 fully saturated rings. The van der Waals surface area contributed by atoms with Crippen molar-refractivity contribution >= 4 is 0 Å². The molecule has 4 aliphatic carbocycles. The van der Waals surface area contributed by atoms with Gasteiger partial charge in [0.2, 0.25) is 0 Å². The van der Waals surface area contributed by atoms with E-state index in [0.717, 1.165) is 24.2 Å². The fourth-order valence-electron chi connectivity index (χ4n) is 5.05. The maximum absolute atomic E-state index is 8.86. The summed E-state index contributed by atoms with van der Waals surface area (Å²) in [6.45, 7) is 0. The zero-order chi connectivity index (χ0) is 10.5. The molecular formula is C13H20N2. The van der Waals surface area contributed by atoms with Crippen molar-refractivity contribution in [3.8, 4) is 6.07 Å². The Kier molecular flexibility index (Phi) is 2.07. The molecule has 0 aliphatic heterocycles. The highest BCUT2D eigenvalue weighted by atomic mass is 14.7. The molecule has 2 heteroatoms. The van der Waals surface area contributed by atoms with Crippen molar-refractivity contribution in [2.75, 3.05) is 0 Å². The van der Waals surface area contributed by atoms with Crippen LogP contribution in [-0.4, -0.2) is 6.04 Å². The zero-order valence-electron chi connectivity index (χ0n) is 9.28. The third-order valence-electron chi connectivity index (χ3n) is 4.98. The smallest absolute Gasteiger partial charge is 0.0933 e. The van der Waals surface area contributed by atoms with Crippen LogP contribution >= 0.6 is 0 Å². The Morgan fingerprint density at radius 1 is 1.13 bits per heavy atom. The Balaban J connectivity index is 1.78. The van der Waals surface area contributed by atoms with E-state index >= 15 is 0 Å². The van der Waals surface area contributed by atoms with Gasteiger partial charge in [-0.1, -0.05) is 0 Å². The average Bonchev–Trinajstić information content (AvgIpc) is 2.14. The van der Waals surface area contributed by atoms with Gasteiger partial charge in [-0.2, -0.15) is 5.26 Å². The molecule has 15 heavy (non-hydrogen) atoms. The maximum atomic E-state index is 8.86. The lowest BCUT2D eigenvalue weighted by Gasteiger charge is -2.57. The van der Waals surface area contributed by atoms with Gasteiger partial charge in [-0.25, -0.2) is 0 Å². The minimum atomic E-state index is -0.221. The molecule has 0 aromatic rings. The monoisotopic (exact) mass is 204 g/mol. The van der Waals surface area contributed by atoms with Crippen molar-refractivity contribution in [2.45, 2.75) is 51.0 Å². The van der Waals surface area contributed by atoms with E-state index in [1.54, 1.807) is 0 Å². The summed E-state index contributed by atoms with van der Waals surface area (Å²) in [7, 11) is 0. The molecule has 0 amide bonds. The van der Waals surface area contributed by atoms with Gasteiger partial charge >= 0.3 is 0 Å². The molecule has 1 atom stereocenters. The molecular weight excluding hydrogens is 184 g/mol. The van der Waals surface area contributed by atoms with Crippen LogP contribution in [0.1, 0.15) is 44.9 Å². The quantitative estimate of drug-likeness (QED) is 0.751. The summed E-state index contributed by atoms with van der Waals surface area (Å²) in [6, 6.07) is 2.00. The van der Waals surface area contributed by atoms with E-state index in [4.69, 9.17) is 11.0 Å². The minimum absolute atomic E-state index is 0.221. The van der Waals surface area contributed by atoms with Crippen LogP contribution in [0.3, 0.4) is 0 Å². The molecule has 4 saturated carbocycles. The van der Waals surface area contributed by atoms with Crippen LogP contribution in [0.15, 0.2) is 0 Å². The number of rotatable bonds is 2. The number of hydrogen-bond acceptors (Lipinski definition) is 2. The number of nitriles is 1. The van der Waals surface area contributed by atoms with Crippen molar-refractivity contribution in [3.63, 3.8) is 0 Å². The third kappa shape index (κ3) is 1.58. The first-order valence-corrected chi connectivity index (χ1v) is 6.34. The average molecular weight is 204 g/mol. The fourth-order valence-corrected chi connectivity index (χ4v) is 5.05. The van der Waals surface area contributed by atoms with Crippen molar-refractivity contribution in [3.05, 3.63) is 0 Å². The second kappa shape index (κ2) is 3.22. The number of hydrogen-bond donors (Lipinski definition) is 1. The van der Waals surface area contributed by atoms with Crippen LogP contribution in [0.25, 0.3) is 0 Å². The van der Waals surface area contributed by atoms with Gasteiger partial charge in [0.15, 0.2) is 0 Å². The second-order valence-corrected chi connectivity index (χ2v) is 6.36. The number of nitrogens with two attached hydrogens (primary N) is 1. The second-order valence-electron chi connectivity index (χ2n) is 6.36. The topological polar surface area (TPSA) is 49.8 Å². The van der Waals surface area contributed by atoms with Crippen molar-refractivity contribution in [1.82, 2.24) is 0 Å². The standard InChI is InChI=1S/C13H20N2/c14-8-12(15)7-13-4-9-1-10(5-13)3-11(2-9)6-13/h9-12H,1-7,15H2. The molecule has 82 valence electrons. The van der Waals surface area contributed by atoms with E-state index < -0.39 is 0 Å². The molecule has 2 nitrogen and oxygen atoms in total. The first-order valence-electron chi connectivity index (χ1n) is 6.34. The molecule has 0 heterocycles. The van der Waals surface area contributed by atoms with Crippen LogP contribution in [0.5, 0.6) is 0 Å². The summed E-state index contributed by atoms with van der Waals surface area (Å²) in [5.41, 5.74) is 6.31. The molecule has 1 unspecified atom stereocenters. The van der Waals surface area contributed by atoms with Gasteiger partial charge in [0.05, 0.1) is 12.1 Å². The highest BCUT2D eigenvalue weighted by molar-refractivity contribution is 5.04. The Morgan fingerprint density at radius 2 is 1.60 bits per heavy atom. The van der Waals surface area contributed by atoms with Gasteiger partial charge in [-0.3, -0.25) is 0 Å². The van der Waals surface area contributed by atoms with Crippen molar-refractivity contribution < 1.29 is 0 Å². The van der Waals surface area contributed by atoms with Gasteiger partial charge in [0, 0.05) is 0 Å². The van der Waals surface area contributed by atoms with Gasteiger partial charge in [0.25, 0.3) is 0 Å². The van der Waals surface area contributed by atoms with Gasteiger partial charge < -0.3 is 5.73 Å². The van der Waals surface area contributed by atoms with E-state index in [9.17, 15) is 0 Å².